The first-order chi connectivity index (χ1) is 13.8. The molecule has 1 amide bonds. The van der Waals surface area contributed by atoms with Crippen LogP contribution in [-0.4, -0.2) is 48.9 Å². The highest BCUT2D eigenvalue weighted by molar-refractivity contribution is 5.99. The molecule has 1 heterocycles. The van der Waals surface area contributed by atoms with E-state index in [2.05, 4.69) is 27.9 Å². The van der Waals surface area contributed by atoms with Crippen molar-refractivity contribution in [2.45, 2.75) is 90.6 Å². The summed E-state index contributed by atoms with van der Waals surface area (Å²) >= 11 is 0. The number of rotatable bonds is 10. The molecule has 0 saturated heterocycles. The second kappa shape index (κ2) is 11.5. The average Bonchev–Trinajstić information content (AvgIpc) is 2.69. The number of ether oxygens (including phenoxy) is 1. The number of pyridine rings is 1. The van der Waals surface area contributed by atoms with Gasteiger partial charge in [0.25, 0.3) is 5.91 Å². The molecular weight excluding hydrogens is 366 g/mol. The van der Waals surface area contributed by atoms with Crippen molar-refractivity contribution in [1.29, 1.82) is 0 Å². The monoisotopic (exact) mass is 405 g/mol. The maximum Gasteiger partial charge on any atom is 0.256 e. The number of nitrogens with zero attached hydrogens (tertiary/aromatic N) is 1. The van der Waals surface area contributed by atoms with Crippen LogP contribution in [-0.2, 0) is 4.74 Å². The maximum atomic E-state index is 12.6. The number of carbonyl (C=O) groups is 1. The first kappa shape index (κ1) is 23.6. The van der Waals surface area contributed by atoms with E-state index in [-0.39, 0.29) is 18.1 Å². The van der Waals surface area contributed by atoms with Crippen molar-refractivity contribution in [2.24, 2.45) is 5.73 Å². The number of hydrogen-bond acceptors (Lipinski definition) is 6. The van der Waals surface area contributed by atoms with Gasteiger partial charge in [0.2, 0.25) is 0 Å². The molecule has 3 unspecified atom stereocenters. The number of anilines is 1. The number of aromatic nitrogens is 1. The third kappa shape index (κ3) is 6.94. The Morgan fingerprint density at radius 1 is 1.31 bits per heavy atom. The molecule has 0 aromatic carbocycles. The van der Waals surface area contributed by atoms with E-state index in [9.17, 15) is 4.79 Å². The minimum Gasteiger partial charge on any atom is -0.378 e. The molecule has 1 aliphatic carbocycles. The summed E-state index contributed by atoms with van der Waals surface area (Å²) in [6, 6.07) is 2.68. The number of hydrogen-bond donors (Lipinski definition) is 4. The minimum atomic E-state index is -0.423. The van der Waals surface area contributed by atoms with E-state index in [4.69, 9.17) is 10.5 Å². The quantitative estimate of drug-likeness (QED) is 0.447. The van der Waals surface area contributed by atoms with Crippen LogP contribution in [0, 0.1) is 13.8 Å². The predicted octanol–water partition coefficient (Wildman–Crippen LogP) is 2.86. The summed E-state index contributed by atoms with van der Waals surface area (Å²) in [7, 11) is 1.75. The van der Waals surface area contributed by atoms with Gasteiger partial charge < -0.3 is 26.4 Å². The van der Waals surface area contributed by atoms with Crippen molar-refractivity contribution in [1.82, 2.24) is 15.6 Å². The second-order valence-corrected chi connectivity index (χ2v) is 8.22. The molecule has 29 heavy (non-hydrogen) atoms. The van der Waals surface area contributed by atoms with Gasteiger partial charge in [0.05, 0.1) is 17.8 Å². The molecule has 2 rings (SSSR count). The Labute approximate surface area is 175 Å². The van der Waals surface area contributed by atoms with Crippen molar-refractivity contribution >= 4 is 11.7 Å². The highest BCUT2D eigenvalue weighted by Gasteiger charge is 2.25. The predicted molar refractivity (Wildman–Crippen MR) is 118 cm³/mol. The van der Waals surface area contributed by atoms with E-state index < -0.39 is 6.17 Å². The molecule has 1 fully saturated rings. The lowest BCUT2D eigenvalue weighted by Crippen LogP contribution is -2.49. The molecule has 1 saturated carbocycles. The SMILES string of the molecule is CCC(NC1CCCCC1)C(CNc1nc(C)c(C)cc1C(=O)NC(C)N)OC. The van der Waals surface area contributed by atoms with Crippen LogP contribution in [0.3, 0.4) is 0 Å². The zero-order valence-corrected chi connectivity index (χ0v) is 18.7. The van der Waals surface area contributed by atoms with Crippen LogP contribution in [0.15, 0.2) is 6.07 Å². The first-order valence-corrected chi connectivity index (χ1v) is 10.9. The van der Waals surface area contributed by atoms with Gasteiger partial charge >= 0.3 is 0 Å². The number of nitrogens with two attached hydrogens (primary N) is 1. The van der Waals surface area contributed by atoms with E-state index in [1.807, 2.05) is 19.9 Å². The summed E-state index contributed by atoms with van der Waals surface area (Å²) in [5.41, 5.74) is 8.11. The normalized spacial score (nSPS) is 18.1. The lowest BCUT2D eigenvalue weighted by molar-refractivity contribution is 0.0698. The Morgan fingerprint density at radius 2 is 2.00 bits per heavy atom. The fraction of sp³-hybridized carbons (Fsp3) is 0.727. The molecule has 5 N–H and O–H groups in total. The van der Waals surface area contributed by atoms with E-state index in [1.54, 1.807) is 14.0 Å². The number of nitrogens with one attached hydrogen (secondary N) is 3. The van der Waals surface area contributed by atoms with Crippen molar-refractivity contribution < 1.29 is 9.53 Å². The highest BCUT2D eigenvalue weighted by Crippen LogP contribution is 2.21. The lowest BCUT2D eigenvalue weighted by atomic mass is 9.94. The van der Waals surface area contributed by atoms with Gasteiger partial charge in [-0.3, -0.25) is 4.79 Å². The van der Waals surface area contributed by atoms with Crippen LogP contribution >= 0.6 is 0 Å². The van der Waals surface area contributed by atoms with Gasteiger partial charge in [0.1, 0.15) is 5.82 Å². The molecule has 164 valence electrons. The third-order valence-corrected chi connectivity index (χ3v) is 5.79. The van der Waals surface area contributed by atoms with E-state index >= 15 is 0 Å². The van der Waals surface area contributed by atoms with E-state index in [1.165, 1.54) is 32.1 Å². The van der Waals surface area contributed by atoms with Crippen molar-refractivity contribution in [3.63, 3.8) is 0 Å². The standard InChI is InChI=1S/C22H39N5O2/c1-6-19(27-17-10-8-7-9-11-17)20(29-5)13-24-21-18(22(28)26-16(4)23)12-14(2)15(3)25-21/h12,16-17,19-20,27H,6-11,13,23H2,1-5H3,(H,24,25)(H,26,28). The van der Waals surface area contributed by atoms with Crippen LogP contribution in [0.5, 0.6) is 0 Å². The minimum absolute atomic E-state index is 0.0188. The van der Waals surface area contributed by atoms with Crippen LogP contribution in [0.25, 0.3) is 0 Å². The summed E-state index contributed by atoms with van der Waals surface area (Å²) in [6.45, 7) is 8.39. The molecule has 1 aliphatic rings. The first-order valence-electron chi connectivity index (χ1n) is 10.9. The Bertz CT molecular complexity index is 659. The molecule has 0 aliphatic heterocycles. The summed E-state index contributed by atoms with van der Waals surface area (Å²) < 4.78 is 5.81. The van der Waals surface area contributed by atoms with Gasteiger partial charge in [0, 0.05) is 31.4 Å². The maximum absolute atomic E-state index is 12.6. The van der Waals surface area contributed by atoms with Crippen LogP contribution in [0.4, 0.5) is 5.82 Å². The third-order valence-electron chi connectivity index (χ3n) is 5.79. The fourth-order valence-electron chi connectivity index (χ4n) is 3.94. The Kier molecular flexibility index (Phi) is 9.33. The van der Waals surface area contributed by atoms with Gasteiger partial charge in [-0.15, -0.1) is 0 Å². The van der Waals surface area contributed by atoms with Gasteiger partial charge in [0.15, 0.2) is 0 Å². The van der Waals surface area contributed by atoms with Gasteiger partial charge in [-0.1, -0.05) is 26.2 Å². The topological polar surface area (TPSA) is 101 Å². The van der Waals surface area contributed by atoms with Gasteiger partial charge in [-0.25, -0.2) is 4.98 Å². The van der Waals surface area contributed by atoms with Crippen molar-refractivity contribution in [3.05, 3.63) is 22.9 Å². The number of methoxy groups -OCH3 is 1. The molecular formula is C22H39N5O2. The molecule has 0 radical (unpaired) electrons. The molecule has 7 heteroatoms. The molecule has 0 bridgehead atoms. The van der Waals surface area contributed by atoms with Crippen LogP contribution in [0.2, 0.25) is 0 Å². The zero-order valence-electron chi connectivity index (χ0n) is 18.7. The Morgan fingerprint density at radius 3 is 2.59 bits per heavy atom. The summed E-state index contributed by atoms with van der Waals surface area (Å²) in [4.78, 5) is 17.2. The number of amides is 1. The summed E-state index contributed by atoms with van der Waals surface area (Å²) in [6.07, 6.45) is 6.96. The second-order valence-electron chi connectivity index (χ2n) is 8.22. The Balaban J connectivity index is 2.10. The van der Waals surface area contributed by atoms with E-state index in [0.717, 1.165) is 17.7 Å². The van der Waals surface area contributed by atoms with Crippen molar-refractivity contribution in [2.75, 3.05) is 19.0 Å². The molecule has 1 aromatic heterocycles. The average molecular weight is 406 g/mol. The molecule has 0 spiro atoms. The largest absolute Gasteiger partial charge is 0.378 e. The molecule has 7 nitrogen and oxygen atoms in total. The van der Waals surface area contributed by atoms with Crippen molar-refractivity contribution in [3.8, 4) is 0 Å². The number of aryl methyl sites for hydroxylation is 2. The highest BCUT2D eigenvalue weighted by atomic mass is 16.5. The zero-order chi connectivity index (χ0) is 21.4. The lowest BCUT2D eigenvalue weighted by Gasteiger charge is -2.32. The van der Waals surface area contributed by atoms with Crippen LogP contribution < -0.4 is 21.7 Å². The molecule has 1 aromatic rings. The summed E-state index contributed by atoms with van der Waals surface area (Å²) in [5, 5.41) is 9.91. The fourth-order valence-corrected chi connectivity index (χ4v) is 3.94. The van der Waals surface area contributed by atoms with Gasteiger partial charge in [-0.05, 0) is 51.7 Å². The Hall–Kier alpha value is -1.70. The summed E-state index contributed by atoms with van der Waals surface area (Å²) in [5.74, 6) is 0.347. The smallest absolute Gasteiger partial charge is 0.256 e. The van der Waals surface area contributed by atoms with Gasteiger partial charge in [-0.2, -0.15) is 0 Å². The number of carbonyl (C=O) groups excluding carboxylic acids is 1. The van der Waals surface area contributed by atoms with Crippen LogP contribution in [0.1, 0.15) is 74.0 Å². The molecule has 3 atom stereocenters. The van der Waals surface area contributed by atoms with E-state index in [0.29, 0.717) is 24.0 Å².